The van der Waals surface area contributed by atoms with Crippen LogP contribution in [0.3, 0.4) is 0 Å². The van der Waals surface area contributed by atoms with Crippen LogP contribution in [0, 0.1) is 12.3 Å². The summed E-state index contributed by atoms with van der Waals surface area (Å²) >= 11 is 0. The van der Waals surface area contributed by atoms with Crippen LogP contribution in [-0.2, 0) is 0 Å². The van der Waals surface area contributed by atoms with Crippen molar-refractivity contribution in [3.8, 4) is 11.3 Å². The van der Waals surface area contributed by atoms with E-state index in [0.29, 0.717) is 11.1 Å². The second-order valence-electron chi connectivity index (χ2n) is 10.9. The average Bonchev–Trinajstić information content (AvgIpc) is 3.40. The number of amides is 1. The van der Waals surface area contributed by atoms with Crippen molar-refractivity contribution in [2.75, 3.05) is 19.6 Å². The maximum atomic E-state index is 13.2. The van der Waals surface area contributed by atoms with E-state index in [2.05, 4.69) is 71.2 Å². The van der Waals surface area contributed by atoms with Crippen LogP contribution in [-0.4, -0.2) is 61.3 Å². The third-order valence-electron chi connectivity index (χ3n) is 6.55. The molecule has 0 bridgehead atoms. The normalized spacial score (nSPS) is 16.1. The minimum absolute atomic E-state index is 0.0899. The van der Waals surface area contributed by atoms with Gasteiger partial charge in [0.15, 0.2) is 11.3 Å². The summed E-state index contributed by atoms with van der Waals surface area (Å²) in [5, 5.41) is 15.1. The molecule has 0 unspecified atom stereocenters. The van der Waals surface area contributed by atoms with Gasteiger partial charge in [0.1, 0.15) is 6.33 Å². The fraction of sp³-hybridized carbons (Fsp3) is 0.600. The van der Waals surface area contributed by atoms with Gasteiger partial charge in [-0.25, -0.2) is 9.50 Å². The van der Waals surface area contributed by atoms with Crippen molar-refractivity contribution in [3.63, 3.8) is 0 Å². The summed E-state index contributed by atoms with van der Waals surface area (Å²) in [5.74, 6) is 0.0541. The molecule has 1 saturated heterocycles. The molecule has 0 saturated carbocycles. The number of aromatic amines is 1. The number of piperidine rings is 1. The molecule has 0 spiro atoms. The first-order valence-corrected chi connectivity index (χ1v) is 12.0. The zero-order valence-corrected chi connectivity index (χ0v) is 20.8. The van der Waals surface area contributed by atoms with E-state index in [0.717, 1.165) is 60.5 Å². The molecule has 3 aromatic rings. The summed E-state index contributed by atoms with van der Waals surface area (Å²) in [5.41, 5.74) is 5.46. The number of pyridine rings is 1. The van der Waals surface area contributed by atoms with E-state index in [4.69, 9.17) is 0 Å². The Morgan fingerprint density at radius 3 is 2.67 bits per heavy atom. The Morgan fingerprint density at radius 1 is 1.27 bits per heavy atom. The second kappa shape index (κ2) is 9.25. The van der Waals surface area contributed by atoms with Crippen LogP contribution in [0.2, 0.25) is 0 Å². The van der Waals surface area contributed by atoms with Crippen molar-refractivity contribution in [3.05, 3.63) is 35.4 Å². The van der Waals surface area contributed by atoms with Gasteiger partial charge in [-0.2, -0.15) is 10.2 Å². The zero-order valence-electron chi connectivity index (χ0n) is 20.8. The van der Waals surface area contributed by atoms with Gasteiger partial charge >= 0.3 is 0 Å². The molecule has 4 heterocycles. The van der Waals surface area contributed by atoms with Gasteiger partial charge < -0.3 is 10.2 Å². The van der Waals surface area contributed by atoms with Crippen molar-refractivity contribution in [2.24, 2.45) is 5.41 Å². The fourth-order valence-corrected chi connectivity index (χ4v) is 4.58. The Balaban J connectivity index is 1.47. The number of fused-ring (bicyclic) bond motifs is 1. The Labute approximate surface area is 196 Å². The van der Waals surface area contributed by atoms with E-state index >= 15 is 0 Å². The van der Waals surface area contributed by atoms with Crippen molar-refractivity contribution in [1.29, 1.82) is 0 Å². The minimum atomic E-state index is -0.0899. The zero-order chi connectivity index (χ0) is 23.8. The number of rotatable bonds is 6. The fourth-order valence-electron chi connectivity index (χ4n) is 4.58. The molecule has 8 nitrogen and oxygen atoms in total. The number of likely N-dealkylation sites (tertiary alicyclic amines) is 1. The van der Waals surface area contributed by atoms with E-state index in [9.17, 15) is 4.79 Å². The Kier molecular flexibility index (Phi) is 6.56. The first-order chi connectivity index (χ1) is 15.6. The van der Waals surface area contributed by atoms with Gasteiger partial charge in [-0.3, -0.25) is 9.89 Å². The van der Waals surface area contributed by atoms with Crippen molar-refractivity contribution in [2.45, 2.75) is 72.8 Å². The van der Waals surface area contributed by atoms with Crippen LogP contribution < -0.4 is 5.32 Å². The molecule has 33 heavy (non-hydrogen) atoms. The molecule has 0 aliphatic carbocycles. The highest BCUT2D eigenvalue weighted by Gasteiger charge is 2.27. The summed E-state index contributed by atoms with van der Waals surface area (Å²) in [4.78, 5) is 20.0. The van der Waals surface area contributed by atoms with Crippen LogP contribution in [0.4, 0.5) is 0 Å². The predicted molar refractivity (Wildman–Crippen MR) is 130 cm³/mol. The summed E-state index contributed by atoms with van der Waals surface area (Å²) in [6, 6.07) is 2.26. The van der Waals surface area contributed by atoms with E-state index in [1.165, 1.54) is 6.42 Å². The molecule has 178 valence electrons. The van der Waals surface area contributed by atoms with Gasteiger partial charge in [-0.15, -0.1) is 0 Å². The van der Waals surface area contributed by atoms with E-state index < -0.39 is 0 Å². The predicted octanol–water partition coefficient (Wildman–Crippen LogP) is 4.18. The second-order valence-corrected chi connectivity index (χ2v) is 10.9. The molecular weight excluding hydrogens is 414 g/mol. The van der Waals surface area contributed by atoms with Gasteiger partial charge in [-0.1, -0.05) is 34.6 Å². The highest BCUT2D eigenvalue weighted by atomic mass is 16.2. The lowest BCUT2D eigenvalue weighted by atomic mass is 9.91. The highest BCUT2D eigenvalue weighted by molar-refractivity contribution is 5.96. The highest BCUT2D eigenvalue weighted by Crippen LogP contribution is 2.31. The molecule has 2 N–H and O–H groups in total. The molecule has 1 aliphatic heterocycles. The number of H-pyrrole nitrogens is 1. The number of aromatic nitrogens is 5. The van der Waals surface area contributed by atoms with Crippen LogP contribution in [0.25, 0.3) is 16.9 Å². The van der Waals surface area contributed by atoms with Crippen LogP contribution in [0.1, 0.15) is 81.4 Å². The summed E-state index contributed by atoms with van der Waals surface area (Å²) in [6.45, 7) is 16.3. The summed E-state index contributed by atoms with van der Waals surface area (Å²) in [7, 11) is 0. The number of hydrogen-bond acceptors (Lipinski definition) is 5. The van der Waals surface area contributed by atoms with Gasteiger partial charge in [0, 0.05) is 36.5 Å². The smallest absolute Gasteiger partial charge is 0.272 e. The minimum Gasteiger partial charge on any atom is -0.348 e. The Morgan fingerprint density at radius 2 is 2.00 bits per heavy atom. The first-order valence-electron chi connectivity index (χ1n) is 12.0. The molecule has 1 aliphatic rings. The molecular formula is C25H37N7O. The van der Waals surface area contributed by atoms with Crippen LogP contribution >= 0.6 is 0 Å². The molecule has 0 radical (unpaired) electrons. The van der Waals surface area contributed by atoms with Gasteiger partial charge in [-0.05, 0) is 55.7 Å². The number of aryl methyl sites for hydroxylation is 1. The van der Waals surface area contributed by atoms with Crippen molar-refractivity contribution in [1.82, 2.24) is 35.0 Å². The van der Waals surface area contributed by atoms with Crippen molar-refractivity contribution < 1.29 is 4.79 Å². The summed E-state index contributed by atoms with van der Waals surface area (Å²) < 4.78 is 1.77. The van der Waals surface area contributed by atoms with Gasteiger partial charge in [0.2, 0.25) is 0 Å². The monoisotopic (exact) mass is 451 g/mol. The number of carbonyl (C=O) groups is 1. The SMILES string of the molecule is Cc1cc(-c2[nH]nc(C(=O)NC3CCN(CCC(C)(C)C)CC3)c2C(C)C)cn2ncnc12. The lowest BCUT2D eigenvalue weighted by Crippen LogP contribution is -2.45. The number of nitrogens with one attached hydrogen (secondary N) is 2. The van der Waals surface area contributed by atoms with E-state index in [-0.39, 0.29) is 17.9 Å². The quantitative estimate of drug-likeness (QED) is 0.587. The molecule has 8 heteroatoms. The van der Waals surface area contributed by atoms with Crippen molar-refractivity contribution >= 4 is 11.6 Å². The van der Waals surface area contributed by atoms with Gasteiger partial charge in [0.25, 0.3) is 5.91 Å². The van der Waals surface area contributed by atoms with Crippen LogP contribution in [0.15, 0.2) is 18.6 Å². The lowest BCUT2D eigenvalue weighted by molar-refractivity contribution is 0.0901. The molecule has 1 fully saturated rings. The average molecular weight is 452 g/mol. The number of carbonyl (C=O) groups excluding carboxylic acids is 1. The third kappa shape index (κ3) is 5.27. The van der Waals surface area contributed by atoms with E-state index in [1.54, 1.807) is 10.8 Å². The Bertz CT molecular complexity index is 1110. The first kappa shape index (κ1) is 23.4. The lowest BCUT2D eigenvalue weighted by Gasteiger charge is -2.33. The molecule has 0 atom stereocenters. The summed E-state index contributed by atoms with van der Waals surface area (Å²) in [6.07, 6.45) is 6.63. The Hall–Kier alpha value is -2.74. The molecule has 1 amide bonds. The largest absolute Gasteiger partial charge is 0.348 e. The van der Waals surface area contributed by atoms with Crippen LogP contribution in [0.5, 0.6) is 0 Å². The topological polar surface area (TPSA) is 91.2 Å². The maximum Gasteiger partial charge on any atom is 0.272 e. The number of hydrogen-bond donors (Lipinski definition) is 2. The third-order valence-corrected chi connectivity index (χ3v) is 6.55. The molecule has 4 rings (SSSR count). The molecule has 3 aromatic heterocycles. The maximum absolute atomic E-state index is 13.2. The standard InChI is InChI=1S/C25H37N7O/c1-16(2)20-21(18-13-17(3)23-26-15-27-32(23)14-18)29-30-22(20)24(33)28-19-7-10-31(11-8-19)12-9-25(4,5)6/h13-16,19H,7-12H2,1-6H3,(H,28,33)(H,29,30). The molecule has 0 aromatic carbocycles. The van der Waals surface area contributed by atoms with Gasteiger partial charge in [0.05, 0.1) is 5.69 Å². The van der Waals surface area contributed by atoms with E-state index in [1.807, 2.05) is 13.1 Å². The number of nitrogens with zero attached hydrogens (tertiary/aromatic N) is 5.